The molecule has 1 aliphatic heterocycles. The fourth-order valence-corrected chi connectivity index (χ4v) is 1.59. The van der Waals surface area contributed by atoms with Crippen LogP contribution in [0.3, 0.4) is 0 Å². The Morgan fingerprint density at radius 1 is 1.33 bits per heavy atom. The molecule has 0 radical (unpaired) electrons. The molecule has 0 aliphatic carbocycles. The van der Waals surface area contributed by atoms with E-state index in [2.05, 4.69) is 16.0 Å². The molecule has 0 spiro atoms. The van der Waals surface area contributed by atoms with E-state index in [9.17, 15) is 9.59 Å². The van der Waals surface area contributed by atoms with Crippen molar-refractivity contribution in [3.8, 4) is 0 Å². The fourth-order valence-electron chi connectivity index (χ4n) is 1.59. The van der Waals surface area contributed by atoms with Gasteiger partial charge < -0.3 is 21.7 Å². The molecule has 1 atom stereocenters. The van der Waals surface area contributed by atoms with Gasteiger partial charge in [0.05, 0.1) is 5.92 Å². The van der Waals surface area contributed by atoms with Gasteiger partial charge in [0.1, 0.15) is 0 Å². The smallest absolute Gasteiger partial charge is 0.312 e. The van der Waals surface area contributed by atoms with Crippen LogP contribution in [-0.2, 0) is 4.79 Å². The normalized spacial score (nSPS) is 20.7. The molecule has 1 saturated heterocycles. The van der Waals surface area contributed by atoms with Crippen LogP contribution in [0.4, 0.5) is 4.79 Å². The van der Waals surface area contributed by atoms with E-state index in [0.717, 1.165) is 25.9 Å². The molecule has 6 nitrogen and oxygen atoms in total. The number of hydrogen-bond donors (Lipinski definition) is 4. The van der Waals surface area contributed by atoms with Crippen molar-refractivity contribution in [3.05, 3.63) is 0 Å². The SMILES string of the molecule is NC(=O)NCCNC(=O)[C@@H]1CCCNC1. The molecule has 6 heteroatoms. The van der Waals surface area contributed by atoms with Gasteiger partial charge in [-0.2, -0.15) is 0 Å². The Morgan fingerprint density at radius 2 is 2.07 bits per heavy atom. The van der Waals surface area contributed by atoms with Crippen molar-refractivity contribution in [2.45, 2.75) is 12.8 Å². The lowest BCUT2D eigenvalue weighted by Gasteiger charge is -2.21. The number of urea groups is 1. The Hall–Kier alpha value is -1.30. The predicted octanol–water partition coefficient (Wildman–Crippen LogP) is -1.23. The highest BCUT2D eigenvalue weighted by Gasteiger charge is 2.19. The molecule has 1 aliphatic rings. The van der Waals surface area contributed by atoms with Crippen LogP contribution in [0.25, 0.3) is 0 Å². The van der Waals surface area contributed by atoms with Crippen molar-refractivity contribution < 1.29 is 9.59 Å². The first-order chi connectivity index (χ1) is 7.20. The minimum Gasteiger partial charge on any atom is -0.354 e. The maximum atomic E-state index is 11.5. The number of piperidine rings is 1. The minimum atomic E-state index is -0.566. The summed E-state index contributed by atoms with van der Waals surface area (Å²) in [6.07, 6.45) is 1.97. The van der Waals surface area contributed by atoms with Gasteiger partial charge in [0.25, 0.3) is 0 Å². The van der Waals surface area contributed by atoms with Crippen LogP contribution in [0.15, 0.2) is 0 Å². The molecule has 0 unspecified atom stereocenters. The standard InChI is InChI=1S/C9H18N4O2/c10-9(15)13-5-4-12-8(14)7-2-1-3-11-6-7/h7,11H,1-6H2,(H,12,14)(H3,10,13,15)/t7-/m1/s1. The van der Waals surface area contributed by atoms with Gasteiger partial charge >= 0.3 is 6.03 Å². The summed E-state index contributed by atoms with van der Waals surface area (Å²) in [6.45, 7) is 2.54. The Bertz CT molecular complexity index is 226. The maximum Gasteiger partial charge on any atom is 0.312 e. The van der Waals surface area contributed by atoms with Gasteiger partial charge in [-0.05, 0) is 19.4 Å². The summed E-state index contributed by atoms with van der Waals surface area (Å²) in [4.78, 5) is 21.9. The van der Waals surface area contributed by atoms with Crippen LogP contribution in [0.5, 0.6) is 0 Å². The molecule has 0 bridgehead atoms. The monoisotopic (exact) mass is 214 g/mol. The number of nitrogens with two attached hydrogens (primary N) is 1. The van der Waals surface area contributed by atoms with Crippen molar-refractivity contribution in [1.29, 1.82) is 0 Å². The van der Waals surface area contributed by atoms with E-state index in [0.29, 0.717) is 13.1 Å². The van der Waals surface area contributed by atoms with E-state index in [1.54, 1.807) is 0 Å². The van der Waals surface area contributed by atoms with Crippen LogP contribution in [-0.4, -0.2) is 38.1 Å². The lowest BCUT2D eigenvalue weighted by molar-refractivity contribution is -0.125. The Labute approximate surface area is 89.0 Å². The molecule has 15 heavy (non-hydrogen) atoms. The van der Waals surface area contributed by atoms with Gasteiger partial charge in [0.2, 0.25) is 5.91 Å². The highest BCUT2D eigenvalue weighted by atomic mass is 16.2. The number of primary amides is 1. The van der Waals surface area contributed by atoms with E-state index in [-0.39, 0.29) is 11.8 Å². The Kier molecular flexibility index (Phi) is 4.89. The molecule has 1 heterocycles. The lowest BCUT2D eigenvalue weighted by atomic mass is 9.99. The second-order valence-corrected chi connectivity index (χ2v) is 3.63. The van der Waals surface area contributed by atoms with Crippen LogP contribution in [0, 0.1) is 5.92 Å². The Balaban J connectivity index is 2.09. The molecule has 86 valence electrons. The number of rotatable bonds is 4. The number of carbonyl (C=O) groups excluding carboxylic acids is 2. The number of amides is 3. The first kappa shape index (κ1) is 11.8. The van der Waals surface area contributed by atoms with Crippen molar-refractivity contribution in [2.24, 2.45) is 11.7 Å². The average Bonchev–Trinajstić information content (AvgIpc) is 2.25. The van der Waals surface area contributed by atoms with E-state index in [1.165, 1.54) is 0 Å². The van der Waals surface area contributed by atoms with Crippen LogP contribution < -0.4 is 21.7 Å². The summed E-state index contributed by atoms with van der Waals surface area (Å²) in [5.74, 6) is 0.112. The molecule has 5 N–H and O–H groups in total. The van der Waals surface area contributed by atoms with Crippen LogP contribution in [0.2, 0.25) is 0 Å². The summed E-state index contributed by atoms with van der Waals surface area (Å²) in [6, 6.07) is -0.566. The molecule has 0 aromatic carbocycles. The van der Waals surface area contributed by atoms with Gasteiger partial charge in [0.15, 0.2) is 0 Å². The third-order valence-corrected chi connectivity index (χ3v) is 2.39. The van der Waals surface area contributed by atoms with Gasteiger partial charge in [0, 0.05) is 19.6 Å². The van der Waals surface area contributed by atoms with Gasteiger partial charge in [-0.15, -0.1) is 0 Å². The zero-order chi connectivity index (χ0) is 11.1. The molecule has 1 rings (SSSR count). The average molecular weight is 214 g/mol. The largest absolute Gasteiger partial charge is 0.354 e. The van der Waals surface area contributed by atoms with E-state index in [1.807, 2.05) is 0 Å². The molecule has 1 fully saturated rings. The third kappa shape index (κ3) is 4.64. The number of nitrogens with one attached hydrogen (secondary N) is 3. The zero-order valence-corrected chi connectivity index (χ0v) is 8.71. The molecule has 0 saturated carbocycles. The predicted molar refractivity (Wildman–Crippen MR) is 56.2 cm³/mol. The van der Waals surface area contributed by atoms with Crippen LogP contribution >= 0.6 is 0 Å². The van der Waals surface area contributed by atoms with Crippen molar-refractivity contribution >= 4 is 11.9 Å². The van der Waals surface area contributed by atoms with E-state index < -0.39 is 6.03 Å². The summed E-state index contributed by atoms with van der Waals surface area (Å²) in [7, 11) is 0. The minimum absolute atomic E-state index is 0.0495. The first-order valence-electron chi connectivity index (χ1n) is 5.22. The first-order valence-corrected chi connectivity index (χ1v) is 5.22. The highest BCUT2D eigenvalue weighted by molar-refractivity contribution is 5.79. The van der Waals surface area contributed by atoms with Gasteiger partial charge in [-0.3, -0.25) is 4.79 Å². The van der Waals surface area contributed by atoms with Crippen LogP contribution in [0.1, 0.15) is 12.8 Å². The highest BCUT2D eigenvalue weighted by Crippen LogP contribution is 2.09. The van der Waals surface area contributed by atoms with E-state index in [4.69, 9.17) is 5.73 Å². The second-order valence-electron chi connectivity index (χ2n) is 3.63. The molecule has 0 aromatic rings. The van der Waals surface area contributed by atoms with Crippen molar-refractivity contribution in [1.82, 2.24) is 16.0 Å². The summed E-state index contributed by atoms with van der Waals surface area (Å²) >= 11 is 0. The molecular formula is C9H18N4O2. The fraction of sp³-hybridized carbons (Fsp3) is 0.778. The van der Waals surface area contributed by atoms with E-state index >= 15 is 0 Å². The van der Waals surface area contributed by atoms with Crippen molar-refractivity contribution in [2.75, 3.05) is 26.2 Å². The Morgan fingerprint density at radius 3 is 2.67 bits per heavy atom. The lowest BCUT2D eigenvalue weighted by Crippen LogP contribution is -2.43. The molecular weight excluding hydrogens is 196 g/mol. The molecule has 3 amide bonds. The van der Waals surface area contributed by atoms with Gasteiger partial charge in [-0.1, -0.05) is 0 Å². The summed E-state index contributed by atoms with van der Waals surface area (Å²) in [5.41, 5.74) is 4.88. The third-order valence-electron chi connectivity index (χ3n) is 2.39. The number of carbonyl (C=O) groups is 2. The second kappa shape index (κ2) is 6.23. The summed E-state index contributed by atoms with van der Waals surface area (Å²) < 4.78 is 0. The maximum absolute atomic E-state index is 11.5. The summed E-state index contributed by atoms with van der Waals surface area (Å²) in [5, 5.41) is 8.34. The van der Waals surface area contributed by atoms with Crippen molar-refractivity contribution in [3.63, 3.8) is 0 Å². The zero-order valence-electron chi connectivity index (χ0n) is 8.71. The molecule has 0 aromatic heterocycles. The topological polar surface area (TPSA) is 96.2 Å². The quantitative estimate of drug-likeness (QED) is 0.441. The van der Waals surface area contributed by atoms with Gasteiger partial charge in [-0.25, -0.2) is 4.79 Å². The number of hydrogen-bond acceptors (Lipinski definition) is 3.